The smallest absolute Gasteiger partial charge is 0.122 e. The van der Waals surface area contributed by atoms with Gasteiger partial charge in [0.1, 0.15) is 5.75 Å². The molecular weight excluding hydrogens is 308 g/mol. The zero-order chi connectivity index (χ0) is 13.5. The van der Waals surface area contributed by atoms with Crippen LogP contribution in [0.25, 0.3) is 0 Å². The fraction of sp³-hybridized carbons (Fsp3) is 0.467. The minimum Gasteiger partial charge on any atom is -0.496 e. The first-order valence-electron chi connectivity index (χ1n) is 6.20. The van der Waals surface area contributed by atoms with Crippen molar-refractivity contribution < 1.29 is 4.74 Å². The number of hydrogen-bond acceptors (Lipinski definition) is 2. The van der Waals surface area contributed by atoms with E-state index in [2.05, 4.69) is 42.8 Å². The van der Waals surface area contributed by atoms with Crippen molar-refractivity contribution in [3.8, 4) is 5.75 Å². The van der Waals surface area contributed by atoms with E-state index in [1.165, 1.54) is 16.0 Å². The molecule has 1 rings (SSSR count). The summed E-state index contributed by atoms with van der Waals surface area (Å²) in [4.78, 5) is 1.50. The quantitative estimate of drug-likeness (QED) is 0.687. The van der Waals surface area contributed by atoms with Gasteiger partial charge in [0.15, 0.2) is 0 Å². The Morgan fingerprint density at radius 1 is 1.33 bits per heavy atom. The molecule has 0 aliphatic carbocycles. The van der Waals surface area contributed by atoms with Crippen molar-refractivity contribution in [1.82, 2.24) is 0 Å². The van der Waals surface area contributed by atoms with Gasteiger partial charge in [0.2, 0.25) is 0 Å². The molecule has 1 aromatic rings. The van der Waals surface area contributed by atoms with Crippen molar-refractivity contribution in [2.24, 2.45) is 0 Å². The second-order valence-electron chi connectivity index (χ2n) is 4.31. The van der Waals surface area contributed by atoms with Crippen molar-refractivity contribution in [1.29, 1.82) is 0 Å². The molecule has 0 radical (unpaired) electrons. The number of thioether (sulfide) groups is 1. The van der Waals surface area contributed by atoms with Gasteiger partial charge >= 0.3 is 0 Å². The number of methoxy groups -OCH3 is 1. The van der Waals surface area contributed by atoms with Gasteiger partial charge in [0, 0.05) is 4.47 Å². The Labute approximate surface area is 123 Å². The van der Waals surface area contributed by atoms with E-state index in [-0.39, 0.29) is 0 Å². The van der Waals surface area contributed by atoms with Gasteiger partial charge in [-0.05, 0) is 61.1 Å². The molecule has 0 aliphatic heterocycles. The second-order valence-corrected chi connectivity index (χ2v) is 6.59. The first kappa shape index (κ1) is 15.6. The van der Waals surface area contributed by atoms with E-state index in [1.807, 2.05) is 23.9 Å². The van der Waals surface area contributed by atoms with Crippen molar-refractivity contribution in [2.75, 3.05) is 12.9 Å². The molecule has 100 valence electrons. The third-order valence-electron chi connectivity index (χ3n) is 2.74. The topological polar surface area (TPSA) is 9.23 Å². The minimum absolute atomic E-state index is 0.979. The Balaban J connectivity index is 2.79. The lowest BCUT2D eigenvalue weighted by Gasteiger charge is -2.11. The van der Waals surface area contributed by atoms with Crippen molar-refractivity contribution in [3.05, 3.63) is 38.7 Å². The zero-order valence-corrected chi connectivity index (χ0v) is 14.0. The average molecular weight is 329 g/mol. The SMILES string of the molecule is CCSC(CCc1cc(Br)ccc1OC)=C(C)C. The van der Waals surface area contributed by atoms with Crippen LogP contribution in [0.1, 0.15) is 32.8 Å². The van der Waals surface area contributed by atoms with Gasteiger partial charge in [-0.15, -0.1) is 11.8 Å². The summed E-state index contributed by atoms with van der Waals surface area (Å²) in [5, 5.41) is 0. The number of halogens is 1. The first-order valence-corrected chi connectivity index (χ1v) is 7.97. The molecule has 0 N–H and O–H groups in total. The maximum absolute atomic E-state index is 5.41. The van der Waals surface area contributed by atoms with Crippen LogP contribution in [0.5, 0.6) is 5.75 Å². The highest BCUT2D eigenvalue weighted by atomic mass is 79.9. The molecule has 0 unspecified atom stereocenters. The maximum Gasteiger partial charge on any atom is 0.122 e. The monoisotopic (exact) mass is 328 g/mol. The van der Waals surface area contributed by atoms with E-state index >= 15 is 0 Å². The summed E-state index contributed by atoms with van der Waals surface area (Å²) in [7, 11) is 1.73. The molecule has 0 bridgehead atoms. The third-order valence-corrected chi connectivity index (χ3v) is 4.48. The summed E-state index contributed by atoms with van der Waals surface area (Å²) < 4.78 is 6.52. The first-order chi connectivity index (χ1) is 8.58. The molecule has 18 heavy (non-hydrogen) atoms. The summed E-state index contributed by atoms with van der Waals surface area (Å²) in [5.74, 6) is 2.11. The molecule has 0 spiro atoms. The molecule has 1 aromatic carbocycles. The molecule has 0 heterocycles. The number of allylic oxidation sites excluding steroid dienone is 2. The van der Waals surface area contributed by atoms with Crippen molar-refractivity contribution in [3.63, 3.8) is 0 Å². The van der Waals surface area contributed by atoms with E-state index in [9.17, 15) is 0 Å². The largest absolute Gasteiger partial charge is 0.496 e. The molecule has 0 atom stereocenters. The van der Waals surface area contributed by atoms with E-state index in [0.717, 1.165) is 28.8 Å². The van der Waals surface area contributed by atoms with E-state index < -0.39 is 0 Å². The van der Waals surface area contributed by atoms with Gasteiger partial charge in [0.25, 0.3) is 0 Å². The number of ether oxygens (including phenoxy) is 1. The lowest BCUT2D eigenvalue weighted by molar-refractivity contribution is 0.409. The van der Waals surface area contributed by atoms with Crippen LogP contribution in [-0.2, 0) is 6.42 Å². The standard InChI is InChI=1S/C15H21BrOS/c1-5-18-15(11(2)3)9-6-12-10-13(16)7-8-14(12)17-4/h7-8,10H,5-6,9H2,1-4H3. The Bertz CT molecular complexity index is 423. The molecule has 0 aliphatic rings. The maximum atomic E-state index is 5.41. The fourth-order valence-electron chi connectivity index (χ4n) is 1.83. The Morgan fingerprint density at radius 3 is 2.61 bits per heavy atom. The molecule has 0 amide bonds. The van der Waals surface area contributed by atoms with Gasteiger partial charge < -0.3 is 4.74 Å². The summed E-state index contributed by atoms with van der Waals surface area (Å²) in [6.07, 6.45) is 2.11. The fourth-order valence-corrected chi connectivity index (χ4v) is 3.12. The molecule has 1 nitrogen and oxygen atoms in total. The average Bonchev–Trinajstić information content (AvgIpc) is 2.34. The van der Waals surface area contributed by atoms with Crippen LogP contribution in [0, 0.1) is 0 Å². The summed E-state index contributed by atoms with van der Waals surface area (Å²) in [5.41, 5.74) is 2.69. The molecule has 3 heteroatoms. The van der Waals surface area contributed by atoms with Gasteiger partial charge in [-0.1, -0.05) is 28.4 Å². The third kappa shape index (κ3) is 4.69. The predicted octanol–water partition coefficient (Wildman–Crippen LogP) is 5.44. The molecule has 0 saturated carbocycles. The highest BCUT2D eigenvalue weighted by Crippen LogP contribution is 2.29. The molecule has 0 aromatic heterocycles. The van der Waals surface area contributed by atoms with Crippen LogP contribution in [0.2, 0.25) is 0 Å². The summed E-state index contributed by atoms with van der Waals surface area (Å²) in [6.45, 7) is 6.58. The highest BCUT2D eigenvalue weighted by molar-refractivity contribution is 9.10. The number of hydrogen-bond donors (Lipinski definition) is 0. The van der Waals surface area contributed by atoms with Gasteiger partial charge in [0.05, 0.1) is 7.11 Å². The normalized spacial score (nSPS) is 10.3. The number of aryl methyl sites for hydroxylation is 1. The van der Waals surface area contributed by atoms with Crippen LogP contribution in [0.15, 0.2) is 33.2 Å². The van der Waals surface area contributed by atoms with Crippen molar-refractivity contribution >= 4 is 27.7 Å². The van der Waals surface area contributed by atoms with Crippen LogP contribution in [-0.4, -0.2) is 12.9 Å². The van der Waals surface area contributed by atoms with E-state index in [0.29, 0.717) is 0 Å². The van der Waals surface area contributed by atoms with Gasteiger partial charge in [-0.2, -0.15) is 0 Å². The van der Waals surface area contributed by atoms with Crippen LogP contribution >= 0.6 is 27.7 Å². The minimum atomic E-state index is 0.979. The van der Waals surface area contributed by atoms with E-state index in [1.54, 1.807) is 7.11 Å². The zero-order valence-electron chi connectivity index (χ0n) is 11.5. The summed E-state index contributed by atoms with van der Waals surface area (Å²) >= 11 is 5.47. The lowest BCUT2D eigenvalue weighted by Crippen LogP contribution is -1.94. The van der Waals surface area contributed by atoms with Crippen LogP contribution < -0.4 is 4.74 Å². The Hall–Kier alpha value is -0.410. The number of rotatable bonds is 6. The Morgan fingerprint density at radius 2 is 2.06 bits per heavy atom. The van der Waals surface area contributed by atoms with Crippen LogP contribution in [0.3, 0.4) is 0 Å². The lowest BCUT2D eigenvalue weighted by atomic mass is 10.1. The van der Waals surface area contributed by atoms with Crippen molar-refractivity contribution in [2.45, 2.75) is 33.6 Å². The number of benzene rings is 1. The predicted molar refractivity (Wildman–Crippen MR) is 85.5 cm³/mol. The van der Waals surface area contributed by atoms with E-state index in [4.69, 9.17) is 4.74 Å². The summed E-state index contributed by atoms with van der Waals surface area (Å²) in [6, 6.07) is 6.19. The van der Waals surface area contributed by atoms with Gasteiger partial charge in [-0.25, -0.2) is 0 Å². The highest BCUT2D eigenvalue weighted by Gasteiger charge is 2.06. The second kappa shape index (κ2) is 7.90. The molecular formula is C15H21BrOS. The van der Waals surface area contributed by atoms with Gasteiger partial charge in [-0.3, -0.25) is 0 Å². The Kier molecular flexibility index (Phi) is 6.87. The molecule has 0 saturated heterocycles. The molecule has 0 fully saturated rings. The van der Waals surface area contributed by atoms with Crippen LogP contribution in [0.4, 0.5) is 0 Å².